The quantitative estimate of drug-likeness (QED) is 0.706. The van der Waals surface area contributed by atoms with Crippen LogP contribution in [0.5, 0.6) is 0 Å². The van der Waals surface area contributed by atoms with Crippen molar-refractivity contribution in [3.8, 4) is 0 Å². The average Bonchev–Trinajstić information content (AvgIpc) is 2.68. The molecular formula is C19H24ClNO2. The van der Waals surface area contributed by atoms with Gasteiger partial charge >= 0.3 is 6.09 Å². The van der Waals surface area contributed by atoms with E-state index in [4.69, 9.17) is 16.3 Å². The van der Waals surface area contributed by atoms with Crippen LogP contribution in [-0.4, -0.2) is 28.7 Å². The number of fused-ring (bicyclic) bond motifs is 2. The van der Waals surface area contributed by atoms with Crippen LogP contribution in [-0.2, 0) is 4.74 Å². The van der Waals surface area contributed by atoms with Crippen LogP contribution in [0.4, 0.5) is 4.79 Å². The number of ether oxygens (including phenoxy) is 1. The number of halogens is 1. The lowest BCUT2D eigenvalue weighted by molar-refractivity contribution is 0.0175. The van der Waals surface area contributed by atoms with Crippen molar-refractivity contribution >= 4 is 23.3 Å². The van der Waals surface area contributed by atoms with E-state index in [1.165, 1.54) is 5.57 Å². The van der Waals surface area contributed by atoms with Crippen LogP contribution in [0.15, 0.2) is 24.3 Å². The van der Waals surface area contributed by atoms with Gasteiger partial charge in [-0.2, -0.15) is 0 Å². The van der Waals surface area contributed by atoms with Crippen molar-refractivity contribution in [1.29, 1.82) is 0 Å². The molecule has 1 fully saturated rings. The van der Waals surface area contributed by atoms with E-state index in [9.17, 15) is 4.79 Å². The zero-order chi connectivity index (χ0) is 16.8. The predicted molar refractivity (Wildman–Crippen MR) is 93.7 cm³/mol. The lowest BCUT2D eigenvalue weighted by Crippen LogP contribution is -2.45. The highest BCUT2D eigenvalue weighted by molar-refractivity contribution is 6.32. The molecule has 0 radical (unpaired) electrons. The first-order valence-electron chi connectivity index (χ1n) is 8.23. The van der Waals surface area contributed by atoms with Crippen molar-refractivity contribution in [2.24, 2.45) is 0 Å². The molecular weight excluding hydrogens is 310 g/mol. The van der Waals surface area contributed by atoms with Gasteiger partial charge in [-0.25, -0.2) is 4.79 Å². The number of benzene rings is 1. The minimum atomic E-state index is -0.458. The Bertz CT molecular complexity index is 660. The number of aryl methyl sites for hydroxylation is 1. The fraction of sp³-hybridized carbons (Fsp3) is 0.526. The van der Waals surface area contributed by atoms with Crippen molar-refractivity contribution in [3.05, 3.63) is 40.4 Å². The van der Waals surface area contributed by atoms with Crippen LogP contribution >= 0.6 is 11.6 Å². The van der Waals surface area contributed by atoms with Gasteiger partial charge in [0.15, 0.2) is 0 Å². The van der Waals surface area contributed by atoms with Gasteiger partial charge in [-0.3, -0.25) is 4.90 Å². The van der Waals surface area contributed by atoms with Gasteiger partial charge in [0.05, 0.1) is 6.04 Å². The molecule has 2 aliphatic heterocycles. The van der Waals surface area contributed by atoms with Crippen LogP contribution in [0, 0.1) is 6.92 Å². The Balaban J connectivity index is 1.84. The molecule has 124 valence electrons. The summed E-state index contributed by atoms with van der Waals surface area (Å²) in [6, 6.07) is 6.51. The van der Waals surface area contributed by atoms with E-state index >= 15 is 0 Å². The van der Waals surface area contributed by atoms with Crippen LogP contribution < -0.4 is 0 Å². The average molecular weight is 334 g/mol. The molecule has 3 nitrogen and oxygen atoms in total. The topological polar surface area (TPSA) is 29.5 Å². The van der Waals surface area contributed by atoms with E-state index in [2.05, 4.69) is 18.2 Å². The Morgan fingerprint density at radius 1 is 1.30 bits per heavy atom. The maximum absolute atomic E-state index is 12.5. The first-order valence-corrected chi connectivity index (χ1v) is 8.61. The van der Waals surface area contributed by atoms with Gasteiger partial charge in [0.1, 0.15) is 5.60 Å². The van der Waals surface area contributed by atoms with Gasteiger partial charge in [-0.05, 0) is 69.7 Å². The van der Waals surface area contributed by atoms with Gasteiger partial charge in [-0.15, -0.1) is 0 Å². The Morgan fingerprint density at radius 3 is 2.65 bits per heavy atom. The Kier molecular flexibility index (Phi) is 4.18. The first-order chi connectivity index (χ1) is 10.7. The SMILES string of the molecule is Cc1ccc(C2=CC3CCC(C2)N3C(=O)OC(C)(C)C)c(Cl)c1. The smallest absolute Gasteiger partial charge is 0.411 e. The van der Waals surface area contributed by atoms with Crippen LogP contribution in [0.3, 0.4) is 0 Å². The first kappa shape index (κ1) is 16.4. The number of amides is 1. The third-order valence-electron chi connectivity index (χ3n) is 4.47. The van der Waals surface area contributed by atoms with E-state index in [-0.39, 0.29) is 18.2 Å². The van der Waals surface area contributed by atoms with E-state index in [0.29, 0.717) is 0 Å². The van der Waals surface area contributed by atoms with Crippen LogP contribution in [0.25, 0.3) is 5.57 Å². The van der Waals surface area contributed by atoms with Gasteiger partial charge in [0.2, 0.25) is 0 Å². The summed E-state index contributed by atoms with van der Waals surface area (Å²) in [6.07, 6.45) is 4.86. The van der Waals surface area contributed by atoms with Crippen molar-refractivity contribution in [2.45, 2.75) is 64.6 Å². The highest BCUT2D eigenvalue weighted by atomic mass is 35.5. The third kappa shape index (κ3) is 3.40. The molecule has 2 atom stereocenters. The minimum absolute atomic E-state index is 0.121. The molecule has 2 aliphatic rings. The Morgan fingerprint density at radius 2 is 2.04 bits per heavy atom. The summed E-state index contributed by atoms with van der Waals surface area (Å²) in [5, 5.41) is 0.793. The van der Waals surface area contributed by atoms with Crippen molar-refractivity contribution in [2.75, 3.05) is 0 Å². The predicted octanol–water partition coefficient (Wildman–Crippen LogP) is 5.20. The second kappa shape index (κ2) is 5.86. The summed E-state index contributed by atoms with van der Waals surface area (Å²) in [5.41, 5.74) is 3.05. The van der Waals surface area contributed by atoms with Crippen molar-refractivity contribution < 1.29 is 9.53 Å². The summed E-state index contributed by atoms with van der Waals surface area (Å²) in [6.45, 7) is 7.76. The monoisotopic (exact) mass is 333 g/mol. The number of nitrogens with zero attached hydrogens (tertiary/aromatic N) is 1. The number of hydrogen-bond acceptors (Lipinski definition) is 2. The molecule has 2 bridgehead atoms. The van der Waals surface area contributed by atoms with Gasteiger partial charge in [0, 0.05) is 11.1 Å². The Hall–Kier alpha value is -1.48. The summed E-state index contributed by atoms with van der Waals surface area (Å²) in [4.78, 5) is 14.4. The highest BCUT2D eigenvalue weighted by Crippen LogP contribution is 2.41. The van der Waals surface area contributed by atoms with E-state index in [1.807, 2.05) is 38.7 Å². The normalized spacial score (nSPS) is 23.7. The van der Waals surface area contributed by atoms with Gasteiger partial charge in [0.25, 0.3) is 0 Å². The molecule has 23 heavy (non-hydrogen) atoms. The summed E-state index contributed by atoms with van der Waals surface area (Å²) in [7, 11) is 0. The maximum atomic E-state index is 12.5. The lowest BCUT2D eigenvalue weighted by Gasteiger charge is -2.35. The van der Waals surface area contributed by atoms with Crippen LogP contribution in [0.1, 0.15) is 51.2 Å². The molecule has 0 saturated carbocycles. The van der Waals surface area contributed by atoms with Crippen molar-refractivity contribution in [1.82, 2.24) is 4.90 Å². The Labute approximate surface area is 143 Å². The standard InChI is InChI=1S/C19H24ClNO2/c1-12-5-8-16(17(20)9-12)13-10-14-6-7-15(11-13)21(14)18(22)23-19(2,3)4/h5,8-10,14-15H,6-7,11H2,1-4H3. The largest absolute Gasteiger partial charge is 0.444 e. The van der Waals surface area contributed by atoms with Gasteiger partial charge < -0.3 is 4.74 Å². The number of carbonyl (C=O) groups excluding carboxylic acids is 1. The molecule has 2 heterocycles. The fourth-order valence-electron chi connectivity index (χ4n) is 3.51. The molecule has 1 amide bonds. The molecule has 2 unspecified atom stereocenters. The lowest BCUT2D eigenvalue weighted by atomic mass is 9.94. The highest BCUT2D eigenvalue weighted by Gasteiger charge is 2.41. The number of hydrogen-bond donors (Lipinski definition) is 0. The van der Waals surface area contributed by atoms with E-state index < -0.39 is 5.60 Å². The number of rotatable bonds is 1. The molecule has 1 saturated heterocycles. The van der Waals surface area contributed by atoms with Crippen molar-refractivity contribution in [3.63, 3.8) is 0 Å². The summed E-state index contributed by atoms with van der Waals surface area (Å²) < 4.78 is 5.57. The molecule has 3 rings (SSSR count). The molecule has 0 N–H and O–H groups in total. The second-order valence-electron chi connectivity index (χ2n) is 7.57. The van der Waals surface area contributed by atoms with E-state index in [0.717, 1.165) is 35.4 Å². The molecule has 0 aromatic heterocycles. The zero-order valence-corrected chi connectivity index (χ0v) is 15.0. The van der Waals surface area contributed by atoms with E-state index in [1.54, 1.807) is 0 Å². The molecule has 4 heteroatoms. The molecule has 0 aliphatic carbocycles. The third-order valence-corrected chi connectivity index (χ3v) is 4.78. The van der Waals surface area contributed by atoms with Gasteiger partial charge in [-0.1, -0.05) is 29.8 Å². The maximum Gasteiger partial charge on any atom is 0.411 e. The van der Waals surface area contributed by atoms with Crippen LogP contribution in [0.2, 0.25) is 5.02 Å². The fourth-order valence-corrected chi connectivity index (χ4v) is 3.87. The minimum Gasteiger partial charge on any atom is -0.444 e. The summed E-state index contributed by atoms with van der Waals surface area (Å²) >= 11 is 6.42. The number of carbonyl (C=O) groups is 1. The second-order valence-corrected chi connectivity index (χ2v) is 7.97. The summed E-state index contributed by atoms with van der Waals surface area (Å²) in [5.74, 6) is 0. The zero-order valence-electron chi connectivity index (χ0n) is 14.2. The molecule has 1 aromatic rings. The molecule has 0 spiro atoms. The molecule has 1 aromatic carbocycles.